The van der Waals surface area contributed by atoms with E-state index in [-0.39, 0.29) is 56.7 Å². The number of fused-ring (bicyclic) bond motifs is 7. The van der Waals surface area contributed by atoms with Gasteiger partial charge in [0, 0.05) is 11.3 Å². The molecule has 0 aromatic carbocycles. The van der Waals surface area contributed by atoms with Crippen molar-refractivity contribution in [3.8, 4) is 0 Å². The van der Waals surface area contributed by atoms with Crippen LogP contribution in [0.3, 0.4) is 0 Å². The van der Waals surface area contributed by atoms with Crippen LogP contribution in [0.5, 0.6) is 0 Å². The minimum atomic E-state index is -0.676. The van der Waals surface area contributed by atoms with Gasteiger partial charge in [-0.05, 0) is 129 Å². The van der Waals surface area contributed by atoms with Crippen LogP contribution in [0.4, 0.5) is 0 Å². The number of carbonyl (C=O) groups is 3. The number of unbranched alkanes of at least 4 members (excludes halogenated alkanes) is 1. The summed E-state index contributed by atoms with van der Waals surface area (Å²) in [6.07, 6.45) is 11.9. The van der Waals surface area contributed by atoms with Crippen LogP contribution in [-0.2, 0) is 19.1 Å². The maximum absolute atomic E-state index is 14.6. The Morgan fingerprint density at radius 2 is 1.68 bits per heavy atom. The van der Waals surface area contributed by atoms with Gasteiger partial charge < -0.3 is 20.9 Å². The smallest absolute Gasteiger partial charge is 0.328 e. The maximum Gasteiger partial charge on any atom is 0.328 e. The van der Waals surface area contributed by atoms with Crippen LogP contribution in [0.2, 0.25) is 0 Å². The Morgan fingerprint density at radius 3 is 2.34 bits per heavy atom. The van der Waals surface area contributed by atoms with Gasteiger partial charge in [0.25, 0.3) is 0 Å². The average molecular weight is 613 g/mol. The lowest BCUT2D eigenvalue weighted by Crippen LogP contribution is -2.66. The van der Waals surface area contributed by atoms with E-state index in [1.807, 2.05) is 6.08 Å². The highest BCUT2D eigenvalue weighted by molar-refractivity contribution is 5.96. The Bertz CT molecular complexity index is 1210. The number of nitrogens with two attached hydrogens (primary N) is 1. The molecule has 5 rings (SSSR count). The number of aliphatic hydroxyl groups is 1. The molecule has 1 unspecified atom stereocenters. The monoisotopic (exact) mass is 612 g/mol. The lowest BCUT2D eigenvalue weighted by Gasteiger charge is -2.70. The molecular weight excluding hydrogens is 552 g/mol. The summed E-state index contributed by atoms with van der Waals surface area (Å²) in [5, 5.41) is 14.1. The Kier molecular flexibility index (Phi) is 8.57. The molecule has 4 fully saturated rings. The van der Waals surface area contributed by atoms with Gasteiger partial charge in [-0.3, -0.25) is 9.59 Å². The van der Waals surface area contributed by atoms with Crippen molar-refractivity contribution in [2.24, 2.45) is 56.0 Å². The fraction of sp³-hybridized carbons (Fsp3) is 0.865. The number of methoxy groups -OCH3 is 1. The van der Waals surface area contributed by atoms with Gasteiger partial charge in [0.05, 0.1) is 13.2 Å². The molecule has 0 aromatic rings. The van der Waals surface area contributed by atoms with Crippen molar-refractivity contribution in [3.63, 3.8) is 0 Å². The molecule has 0 heterocycles. The van der Waals surface area contributed by atoms with Gasteiger partial charge in [-0.15, -0.1) is 0 Å². The van der Waals surface area contributed by atoms with Crippen LogP contribution in [0.15, 0.2) is 11.6 Å². The molecule has 248 valence electrons. The number of ether oxygens (including phenoxy) is 1. The van der Waals surface area contributed by atoms with Gasteiger partial charge >= 0.3 is 5.97 Å². The van der Waals surface area contributed by atoms with Crippen molar-refractivity contribution < 1.29 is 24.2 Å². The van der Waals surface area contributed by atoms with Crippen LogP contribution in [0.25, 0.3) is 0 Å². The lowest BCUT2D eigenvalue weighted by molar-refractivity contribution is -0.202. The van der Waals surface area contributed by atoms with Crippen molar-refractivity contribution >= 4 is 17.7 Å². The predicted octanol–water partition coefficient (Wildman–Crippen LogP) is 6.11. The summed E-state index contributed by atoms with van der Waals surface area (Å²) in [4.78, 5) is 41.2. The number of amides is 1. The first-order chi connectivity index (χ1) is 20.4. The lowest BCUT2D eigenvalue weighted by atomic mass is 9.33. The highest BCUT2D eigenvalue weighted by atomic mass is 16.5. The number of esters is 1. The first-order valence-electron chi connectivity index (χ1n) is 17.5. The van der Waals surface area contributed by atoms with E-state index in [4.69, 9.17) is 10.5 Å². The van der Waals surface area contributed by atoms with E-state index < -0.39 is 17.4 Å². The quantitative estimate of drug-likeness (QED) is 0.236. The summed E-state index contributed by atoms with van der Waals surface area (Å²) in [6.45, 7) is 16.6. The molecule has 0 spiro atoms. The third-order valence-corrected chi connectivity index (χ3v) is 14.8. The number of rotatable bonds is 7. The Morgan fingerprint density at radius 1 is 1.00 bits per heavy atom. The van der Waals surface area contributed by atoms with Gasteiger partial charge in [-0.25, -0.2) is 4.79 Å². The zero-order valence-corrected chi connectivity index (χ0v) is 28.8. The maximum atomic E-state index is 14.6. The van der Waals surface area contributed by atoms with Gasteiger partial charge in [0.15, 0.2) is 5.78 Å². The fourth-order valence-corrected chi connectivity index (χ4v) is 11.6. The molecule has 0 saturated heterocycles. The minimum absolute atomic E-state index is 0.0372. The molecule has 0 radical (unpaired) electrons. The molecule has 0 aliphatic heterocycles. The molecule has 7 nitrogen and oxygen atoms in total. The van der Waals surface area contributed by atoms with Crippen LogP contribution in [0.1, 0.15) is 126 Å². The number of aliphatic hydroxyl groups excluding tert-OH is 1. The van der Waals surface area contributed by atoms with Crippen LogP contribution in [0, 0.1) is 50.2 Å². The molecular formula is C37H60N2O5. The van der Waals surface area contributed by atoms with E-state index in [1.54, 1.807) is 0 Å². The van der Waals surface area contributed by atoms with Gasteiger partial charge in [0.2, 0.25) is 5.91 Å². The molecule has 4 N–H and O–H groups in total. The molecule has 5 aliphatic rings. The molecule has 0 aromatic heterocycles. The van der Waals surface area contributed by atoms with Gasteiger partial charge in [-0.2, -0.15) is 0 Å². The summed E-state index contributed by atoms with van der Waals surface area (Å²) in [5.41, 5.74) is 5.69. The van der Waals surface area contributed by atoms with Crippen molar-refractivity contribution in [2.45, 2.75) is 138 Å². The second kappa shape index (κ2) is 11.2. The van der Waals surface area contributed by atoms with Crippen molar-refractivity contribution in [1.29, 1.82) is 0 Å². The summed E-state index contributed by atoms with van der Waals surface area (Å²) in [5.74, 6) is 0.154. The van der Waals surface area contributed by atoms with Crippen molar-refractivity contribution in [2.75, 3.05) is 13.7 Å². The number of carbonyl (C=O) groups excluding carboxylic acids is 3. The number of ketones is 1. The standard InChI is InChI=1S/C37H60N2O5/c1-32(2)27-12-15-37(7)29(35(27,5)14-13-28(32)41)26(40)21-23-24-22-34(4,17-16-33(24,3)18-19-36(23,37)6)31(43)39-25(30(42)44-8)11-9-10-20-38/h21,24-25,27-29,41H,9-20,22,38H2,1-8H3,(H,39,43)/t24-,25?,27-,28-,29+,33+,34-,35-,36+,37+/m0/s1. The Hall–Kier alpha value is -1.73. The molecule has 0 bridgehead atoms. The number of nitrogens with one attached hydrogen (secondary N) is 1. The molecule has 5 aliphatic carbocycles. The second-order valence-electron chi connectivity index (χ2n) is 17.5. The largest absolute Gasteiger partial charge is 0.467 e. The normalized spacial score (nSPS) is 45.0. The number of hydrogen-bond acceptors (Lipinski definition) is 6. The Labute approximate surface area is 265 Å². The second-order valence-corrected chi connectivity index (χ2v) is 17.5. The van der Waals surface area contributed by atoms with E-state index in [0.29, 0.717) is 25.3 Å². The average Bonchev–Trinajstić information content (AvgIpc) is 2.96. The number of hydrogen-bond donors (Lipinski definition) is 3. The zero-order valence-electron chi connectivity index (χ0n) is 28.8. The third kappa shape index (κ3) is 4.84. The van der Waals surface area contributed by atoms with E-state index in [0.717, 1.165) is 64.2 Å². The first-order valence-corrected chi connectivity index (χ1v) is 17.5. The molecule has 44 heavy (non-hydrogen) atoms. The topological polar surface area (TPSA) is 119 Å². The van der Waals surface area contributed by atoms with Gasteiger partial charge in [-0.1, -0.05) is 54.0 Å². The molecule has 4 saturated carbocycles. The molecule has 1 amide bonds. The van der Waals surface area contributed by atoms with Gasteiger partial charge in [0.1, 0.15) is 6.04 Å². The zero-order chi connectivity index (χ0) is 32.5. The van der Waals surface area contributed by atoms with Crippen molar-refractivity contribution in [1.82, 2.24) is 5.32 Å². The van der Waals surface area contributed by atoms with E-state index in [2.05, 4.69) is 53.8 Å². The summed E-state index contributed by atoms with van der Waals surface area (Å²) in [6, 6.07) is -0.676. The third-order valence-electron chi connectivity index (χ3n) is 14.8. The summed E-state index contributed by atoms with van der Waals surface area (Å²) in [7, 11) is 1.37. The number of allylic oxidation sites excluding steroid dienone is 2. The molecule has 7 heteroatoms. The Balaban J connectivity index is 1.47. The van der Waals surface area contributed by atoms with E-state index in [1.165, 1.54) is 12.7 Å². The summed E-state index contributed by atoms with van der Waals surface area (Å²) >= 11 is 0. The predicted molar refractivity (Wildman–Crippen MR) is 172 cm³/mol. The summed E-state index contributed by atoms with van der Waals surface area (Å²) < 4.78 is 5.04. The fourth-order valence-electron chi connectivity index (χ4n) is 11.6. The van der Waals surface area contributed by atoms with Crippen LogP contribution >= 0.6 is 0 Å². The highest BCUT2D eigenvalue weighted by Gasteiger charge is 2.70. The molecule has 10 atom stereocenters. The highest BCUT2D eigenvalue weighted by Crippen LogP contribution is 2.75. The van der Waals surface area contributed by atoms with Crippen molar-refractivity contribution in [3.05, 3.63) is 11.6 Å². The van der Waals surface area contributed by atoms with Crippen LogP contribution < -0.4 is 11.1 Å². The van der Waals surface area contributed by atoms with E-state index in [9.17, 15) is 19.5 Å². The van der Waals surface area contributed by atoms with E-state index >= 15 is 0 Å². The first kappa shape index (κ1) is 33.6. The van der Waals surface area contributed by atoms with Crippen LogP contribution in [-0.4, -0.2) is 48.6 Å². The SMILES string of the molecule is COC(=O)C(CCCCN)NC(=O)[C@@]1(C)CC[C@]2(C)CC[C@]3(C)C(=CC(=O)[C@@H]4[C@@]5(C)CC[C@H](O)C(C)(C)[C@@H]5CC[C@]43C)[C@@H]2C1. The minimum Gasteiger partial charge on any atom is -0.467 e.